The highest BCUT2D eigenvalue weighted by molar-refractivity contribution is 9.10. The second kappa shape index (κ2) is 6.17. The van der Waals surface area contributed by atoms with Crippen LogP contribution in [0.4, 0.5) is 0 Å². The van der Waals surface area contributed by atoms with Crippen molar-refractivity contribution in [3.05, 3.63) is 16.5 Å². The van der Waals surface area contributed by atoms with E-state index in [0.717, 1.165) is 6.42 Å². The summed E-state index contributed by atoms with van der Waals surface area (Å²) in [6, 6.07) is 2.12. The van der Waals surface area contributed by atoms with Crippen LogP contribution in [0.1, 0.15) is 38.9 Å². The van der Waals surface area contributed by atoms with Gasteiger partial charge < -0.3 is 9.73 Å². The molecule has 1 unspecified atom stereocenters. The monoisotopic (exact) mass is 364 g/mol. The Balaban J connectivity index is 2.17. The molecule has 1 aliphatic carbocycles. The number of nitrogens with one attached hydrogen (secondary N) is 1. The van der Waals surface area contributed by atoms with E-state index in [-0.39, 0.29) is 15.6 Å². The van der Waals surface area contributed by atoms with Crippen LogP contribution in [0.15, 0.2) is 20.0 Å². The Morgan fingerprint density at radius 1 is 1.55 bits per heavy atom. The number of furan rings is 1. The first-order valence-electron chi connectivity index (χ1n) is 6.86. The summed E-state index contributed by atoms with van der Waals surface area (Å²) < 4.78 is 32.2. The molecule has 20 heavy (non-hydrogen) atoms. The van der Waals surface area contributed by atoms with Crippen molar-refractivity contribution in [2.24, 2.45) is 0 Å². The topological polar surface area (TPSA) is 62.6 Å². The van der Waals surface area contributed by atoms with Gasteiger partial charge in [0.25, 0.3) is 0 Å². The van der Waals surface area contributed by atoms with E-state index in [1.807, 2.05) is 13.8 Å². The first-order chi connectivity index (χ1) is 9.36. The van der Waals surface area contributed by atoms with Gasteiger partial charge in [0.15, 0.2) is 4.67 Å². The van der Waals surface area contributed by atoms with E-state index in [1.165, 1.54) is 17.1 Å². The minimum atomic E-state index is -3.52. The van der Waals surface area contributed by atoms with Crippen LogP contribution in [-0.4, -0.2) is 31.9 Å². The van der Waals surface area contributed by atoms with Crippen LogP contribution in [0, 0.1) is 0 Å². The van der Waals surface area contributed by atoms with Gasteiger partial charge in [-0.25, -0.2) is 8.42 Å². The lowest BCUT2D eigenvalue weighted by molar-refractivity contribution is 0.379. The molecule has 7 heteroatoms. The number of hydrogen-bond acceptors (Lipinski definition) is 4. The van der Waals surface area contributed by atoms with E-state index >= 15 is 0 Å². The van der Waals surface area contributed by atoms with Gasteiger partial charge in [0, 0.05) is 25.2 Å². The van der Waals surface area contributed by atoms with E-state index in [1.54, 1.807) is 13.1 Å². The summed E-state index contributed by atoms with van der Waals surface area (Å²) in [5.74, 6) is 0.639. The predicted molar refractivity (Wildman–Crippen MR) is 81.0 cm³/mol. The molecule has 1 saturated carbocycles. The molecular weight excluding hydrogens is 344 g/mol. The van der Waals surface area contributed by atoms with Crippen molar-refractivity contribution >= 4 is 26.0 Å². The van der Waals surface area contributed by atoms with Crippen LogP contribution in [-0.2, 0) is 16.6 Å². The van der Waals surface area contributed by atoms with Crippen LogP contribution >= 0.6 is 15.9 Å². The lowest BCUT2D eigenvalue weighted by Gasteiger charge is -2.22. The van der Waals surface area contributed by atoms with Gasteiger partial charge in [-0.15, -0.1) is 0 Å². The average Bonchev–Trinajstić information content (AvgIpc) is 3.16. The first-order valence-corrected chi connectivity index (χ1v) is 9.09. The summed E-state index contributed by atoms with van der Waals surface area (Å²) >= 11 is 3.21. The summed E-state index contributed by atoms with van der Waals surface area (Å²) in [4.78, 5) is 0.202. The number of rotatable bonds is 7. The molecule has 1 aromatic rings. The number of nitrogens with zero attached hydrogens (tertiary/aromatic N) is 1. The molecule has 5 nitrogen and oxygen atoms in total. The molecule has 0 amide bonds. The standard InChI is InChI=1S/C13H21BrN2O3S/c1-4-9(2)16(3)20(17,18)12-7-11(19-13(12)14)8-15-10-5-6-10/h7,9-10,15H,4-6,8H2,1-3H3. The third kappa shape index (κ3) is 3.44. The van der Waals surface area contributed by atoms with E-state index in [9.17, 15) is 8.42 Å². The van der Waals surface area contributed by atoms with Crippen LogP contribution in [0.2, 0.25) is 0 Å². The number of halogens is 1. The van der Waals surface area contributed by atoms with Crippen molar-refractivity contribution < 1.29 is 12.8 Å². The van der Waals surface area contributed by atoms with Gasteiger partial charge in [-0.3, -0.25) is 0 Å². The quantitative estimate of drug-likeness (QED) is 0.807. The molecule has 1 aromatic heterocycles. The zero-order valence-corrected chi connectivity index (χ0v) is 14.4. The Morgan fingerprint density at radius 2 is 2.20 bits per heavy atom. The molecule has 0 bridgehead atoms. The fourth-order valence-electron chi connectivity index (χ4n) is 1.84. The Morgan fingerprint density at radius 3 is 2.75 bits per heavy atom. The van der Waals surface area contributed by atoms with Gasteiger partial charge in [-0.1, -0.05) is 6.92 Å². The SMILES string of the molecule is CCC(C)N(C)S(=O)(=O)c1cc(CNC2CC2)oc1Br. The van der Waals surface area contributed by atoms with Crippen molar-refractivity contribution in [3.63, 3.8) is 0 Å². The smallest absolute Gasteiger partial charge is 0.247 e. The Hall–Kier alpha value is -0.370. The van der Waals surface area contributed by atoms with Crippen LogP contribution < -0.4 is 5.32 Å². The summed E-state index contributed by atoms with van der Waals surface area (Å²) in [5, 5.41) is 3.31. The molecule has 0 aromatic carbocycles. The Bertz CT molecular complexity index is 566. The third-order valence-corrected chi connectivity index (χ3v) is 6.55. The maximum absolute atomic E-state index is 12.5. The van der Waals surface area contributed by atoms with Crippen molar-refractivity contribution in [1.29, 1.82) is 0 Å². The second-order valence-electron chi connectivity index (χ2n) is 5.28. The van der Waals surface area contributed by atoms with Gasteiger partial charge in [0.05, 0.1) is 6.54 Å². The molecule has 1 fully saturated rings. The third-order valence-electron chi connectivity index (χ3n) is 3.72. The molecule has 114 valence electrons. The molecule has 1 aliphatic rings. The first kappa shape index (κ1) is 16.0. The van der Waals surface area contributed by atoms with Crippen LogP contribution in [0.5, 0.6) is 0 Å². The minimum absolute atomic E-state index is 0.0464. The largest absolute Gasteiger partial charge is 0.452 e. The second-order valence-corrected chi connectivity index (χ2v) is 7.97. The summed E-state index contributed by atoms with van der Waals surface area (Å²) in [7, 11) is -1.92. The molecule has 0 aliphatic heterocycles. The number of sulfonamides is 1. The van der Waals surface area contributed by atoms with Crippen molar-refractivity contribution in [1.82, 2.24) is 9.62 Å². The number of hydrogen-bond donors (Lipinski definition) is 1. The van der Waals surface area contributed by atoms with E-state index in [4.69, 9.17) is 4.42 Å². The molecule has 0 spiro atoms. The fourth-order valence-corrected chi connectivity index (χ4v) is 4.24. The molecule has 2 rings (SSSR count). The van der Waals surface area contributed by atoms with Gasteiger partial charge in [-0.2, -0.15) is 4.31 Å². The van der Waals surface area contributed by atoms with E-state index in [0.29, 0.717) is 18.3 Å². The molecule has 1 N–H and O–H groups in total. The summed E-state index contributed by atoms with van der Waals surface area (Å²) in [6.07, 6.45) is 3.13. The van der Waals surface area contributed by atoms with Gasteiger partial charge in [0.1, 0.15) is 10.7 Å². The highest BCUT2D eigenvalue weighted by atomic mass is 79.9. The van der Waals surface area contributed by atoms with Crippen molar-refractivity contribution in [3.8, 4) is 0 Å². The Labute approximate surface area is 128 Å². The predicted octanol–water partition coefficient (Wildman–Crippen LogP) is 2.71. The normalized spacial score (nSPS) is 17.6. The zero-order valence-electron chi connectivity index (χ0n) is 12.0. The maximum Gasteiger partial charge on any atom is 0.247 e. The summed E-state index contributed by atoms with van der Waals surface area (Å²) in [5.41, 5.74) is 0. The molecule has 1 atom stereocenters. The molecular formula is C13H21BrN2O3S. The van der Waals surface area contributed by atoms with Crippen LogP contribution in [0.3, 0.4) is 0 Å². The van der Waals surface area contributed by atoms with Gasteiger partial charge in [0.2, 0.25) is 10.0 Å². The fraction of sp³-hybridized carbons (Fsp3) is 0.692. The van der Waals surface area contributed by atoms with Gasteiger partial charge in [-0.05, 0) is 42.1 Å². The molecule has 0 radical (unpaired) electrons. The lowest BCUT2D eigenvalue weighted by Crippen LogP contribution is -2.34. The summed E-state index contributed by atoms with van der Waals surface area (Å²) in [6.45, 7) is 4.42. The van der Waals surface area contributed by atoms with Crippen LogP contribution in [0.25, 0.3) is 0 Å². The van der Waals surface area contributed by atoms with E-state index in [2.05, 4.69) is 21.2 Å². The zero-order chi connectivity index (χ0) is 14.9. The maximum atomic E-state index is 12.5. The average molecular weight is 365 g/mol. The molecule has 0 saturated heterocycles. The van der Waals surface area contributed by atoms with Gasteiger partial charge >= 0.3 is 0 Å². The minimum Gasteiger partial charge on any atom is -0.452 e. The molecule has 1 heterocycles. The van der Waals surface area contributed by atoms with E-state index < -0.39 is 10.0 Å². The highest BCUT2D eigenvalue weighted by Gasteiger charge is 2.30. The van der Waals surface area contributed by atoms with Crippen molar-refractivity contribution in [2.75, 3.05) is 7.05 Å². The van der Waals surface area contributed by atoms with Crippen molar-refractivity contribution in [2.45, 2.75) is 56.6 Å². The lowest BCUT2D eigenvalue weighted by atomic mass is 10.3. The Kier molecular flexibility index (Phi) is 4.94. The highest BCUT2D eigenvalue weighted by Crippen LogP contribution is 2.30.